The lowest BCUT2D eigenvalue weighted by molar-refractivity contribution is 0.568. The van der Waals surface area contributed by atoms with Crippen molar-refractivity contribution in [1.82, 2.24) is 4.98 Å². The van der Waals surface area contributed by atoms with Gasteiger partial charge in [-0.1, -0.05) is 52.8 Å². The van der Waals surface area contributed by atoms with Crippen molar-refractivity contribution >= 4 is 28.7 Å². The monoisotopic (exact) mass is 416 g/mol. The molecule has 0 spiro atoms. The van der Waals surface area contributed by atoms with Crippen LogP contribution in [0.4, 0.5) is 5.69 Å². The van der Waals surface area contributed by atoms with E-state index >= 15 is 0 Å². The largest absolute Gasteiger partial charge is 0.341 e. The normalized spacial score (nSPS) is 17.2. The van der Waals surface area contributed by atoms with Crippen LogP contribution in [0.5, 0.6) is 0 Å². The minimum absolute atomic E-state index is 0.0650. The maximum absolute atomic E-state index is 9.28. The van der Waals surface area contributed by atoms with E-state index in [0.29, 0.717) is 10.7 Å². The van der Waals surface area contributed by atoms with Gasteiger partial charge in [0.15, 0.2) is 5.57 Å². The predicted octanol–water partition coefficient (Wildman–Crippen LogP) is 4.51. The van der Waals surface area contributed by atoms with Crippen molar-refractivity contribution in [2.45, 2.75) is 65.3 Å². The number of fused-ring (bicyclic) bond motifs is 1. The minimum atomic E-state index is -0.193. The van der Waals surface area contributed by atoms with Crippen molar-refractivity contribution < 1.29 is 0 Å². The number of nitrogens with zero attached hydrogens (tertiary/aromatic N) is 4. The summed E-state index contributed by atoms with van der Waals surface area (Å²) in [6, 6.07) is 12.8. The Morgan fingerprint density at radius 1 is 1.13 bits per heavy atom. The van der Waals surface area contributed by atoms with Crippen LogP contribution < -0.4 is 14.1 Å². The van der Waals surface area contributed by atoms with Gasteiger partial charge in [-0.15, -0.1) is 11.3 Å². The third-order valence-corrected chi connectivity index (χ3v) is 6.49. The van der Waals surface area contributed by atoms with Crippen LogP contribution in [0.1, 0.15) is 59.7 Å². The summed E-state index contributed by atoms with van der Waals surface area (Å²) in [5, 5.41) is 18.6. The van der Waals surface area contributed by atoms with Gasteiger partial charge in [0, 0.05) is 28.3 Å². The Bertz CT molecular complexity index is 1190. The highest BCUT2D eigenvalue weighted by Gasteiger charge is 2.40. The molecule has 0 amide bonds. The second kappa shape index (κ2) is 7.74. The van der Waals surface area contributed by atoms with Crippen LogP contribution in [0.25, 0.3) is 11.6 Å². The molecule has 1 aromatic heterocycles. The Hall–Kier alpha value is -2.89. The van der Waals surface area contributed by atoms with Gasteiger partial charge in [-0.05, 0) is 37.6 Å². The first kappa shape index (κ1) is 21.8. The molecule has 154 valence electrons. The first-order chi connectivity index (χ1) is 14.0. The summed E-state index contributed by atoms with van der Waals surface area (Å²) in [6.45, 7) is 15.2. The van der Waals surface area contributed by atoms with E-state index in [0.717, 1.165) is 10.2 Å². The van der Waals surface area contributed by atoms with Crippen molar-refractivity contribution in [1.29, 1.82) is 10.5 Å². The fourth-order valence-corrected chi connectivity index (χ4v) is 5.11. The second-order valence-corrected chi connectivity index (χ2v) is 10.4. The van der Waals surface area contributed by atoms with Crippen LogP contribution in [0.2, 0.25) is 0 Å². The Kier molecular flexibility index (Phi) is 5.63. The zero-order chi connectivity index (χ0) is 22.3. The molecule has 3 rings (SSSR count). The number of hydrogen-bond donors (Lipinski definition) is 0. The number of thiazole rings is 1. The third-order valence-electron chi connectivity index (χ3n) is 5.45. The first-order valence-electron chi connectivity index (χ1n) is 10.2. The highest BCUT2D eigenvalue weighted by atomic mass is 32.1. The number of para-hydroxylation sites is 1. The Morgan fingerprint density at radius 2 is 1.77 bits per heavy atom. The van der Waals surface area contributed by atoms with E-state index in [1.165, 1.54) is 28.3 Å². The van der Waals surface area contributed by atoms with Crippen molar-refractivity contribution in [2.24, 2.45) is 0 Å². The summed E-state index contributed by atoms with van der Waals surface area (Å²) in [4.78, 5) is 7.06. The summed E-state index contributed by atoms with van der Waals surface area (Å²) < 4.78 is 1.48. The van der Waals surface area contributed by atoms with E-state index in [1.54, 1.807) is 0 Å². The standard InChI is InChI=1S/C25H28N4S/c1-16(2)29-19-11-9-8-10-18(19)25(6,7)21(29)13-12-20-22(24(3,4)5)28-23(30-20)17(14-26)15-27/h8-13,16H,1-7H3/b20-12+,21-13-. The van der Waals surface area contributed by atoms with E-state index in [2.05, 4.69) is 94.8 Å². The van der Waals surface area contributed by atoms with Crippen LogP contribution in [-0.2, 0) is 10.8 Å². The summed E-state index contributed by atoms with van der Waals surface area (Å²) in [5.41, 5.74) is 4.47. The molecule has 0 radical (unpaired) electrons. The fourth-order valence-electron chi connectivity index (χ4n) is 3.99. The summed E-state index contributed by atoms with van der Waals surface area (Å²) in [5.74, 6) is 0. The second-order valence-electron chi connectivity index (χ2n) is 9.40. The summed E-state index contributed by atoms with van der Waals surface area (Å²) in [6.07, 6.45) is 4.29. The van der Waals surface area contributed by atoms with Gasteiger partial charge in [0.25, 0.3) is 0 Å². The number of hydrogen-bond acceptors (Lipinski definition) is 5. The zero-order valence-electron chi connectivity index (χ0n) is 18.7. The van der Waals surface area contributed by atoms with Crippen molar-refractivity contribution in [3.8, 4) is 12.1 Å². The molecule has 5 heteroatoms. The molecule has 0 bridgehead atoms. The molecule has 0 fully saturated rings. The fraction of sp³-hybridized carbons (Fsp3) is 0.400. The quantitative estimate of drug-likeness (QED) is 0.723. The lowest BCUT2D eigenvalue weighted by atomic mass is 9.83. The van der Waals surface area contributed by atoms with Crippen LogP contribution in [0, 0.1) is 22.7 Å². The molecule has 1 aromatic carbocycles. The first-order valence-corrected chi connectivity index (χ1v) is 11.0. The Morgan fingerprint density at radius 3 is 2.33 bits per heavy atom. The molecule has 0 aliphatic carbocycles. The van der Waals surface area contributed by atoms with Gasteiger partial charge in [-0.2, -0.15) is 10.5 Å². The lowest BCUT2D eigenvalue weighted by Crippen LogP contribution is -2.31. The van der Waals surface area contributed by atoms with Gasteiger partial charge in [0.2, 0.25) is 0 Å². The zero-order valence-corrected chi connectivity index (χ0v) is 19.6. The van der Waals surface area contributed by atoms with E-state index < -0.39 is 0 Å². The number of allylic oxidation sites excluding steroid dienone is 2. The molecule has 30 heavy (non-hydrogen) atoms. The minimum Gasteiger partial charge on any atom is -0.341 e. The maximum Gasteiger partial charge on any atom is 0.165 e. The van der Waals surface area contributed by atoms with E-state index in [1.807, 2.05) is 12.1 Å². The number of aromatic nitrogens is 1. The average molecular weight is 417 g/mol. The van der Waals surface area contributed by atoms with Gasteiger partial charge in [0.05, 0.1) is 10.2 Å². The highest BCUT2D eigenvalue weighted by Crippen LogP contribution is 2.48. The molecule has 0 unspecified atom stereocenters. The van der Waals surface area contributed by atoms with E-state index in [9.17, 15) is 10.5 Å². The third kappa shape index (κ3) is 3.66. The molecule has 1 aliphatic rings. The van der Waals surface area contributed by atoms with Gasteiger partial charge in [0.1, 0.15) is 16.8 Å². The van der Waals surface area contributed by atoms with E-state index in [-0.39, 0.29) is 16.4 Å². The van der Waals surface area contributed by atoms with Crippen LogP contribution in [0.3, 0.4) is 0 Å². The predicted molar refractivity (Wildman–Crippen MR) is 124 cm³/mol. The summed E-state index contributed by atoms with van der Waals surface area (Å²) in [7, 11) is 0. The van der Waals surface area contributed by atoms with Crippen molar-refractivity contribution in [2.75, 3.05) is 4.90 Å². The molecule has 1 aliphatic heterocycles. The van der Waals surface area contributed by atoms with Gasteiger partial charge < -0.3 is 4.90 Å². The van der Waals surface area contributed by atoms with Crippen LogP contribution >= 0.6 is 11.3 Å². The molecule has 2 aromatic rings. The molecular weight excluding hydrogens is 388 g/mol. The molecular formula is C25H28N4S. The van der Waals surface area contributed by atoms with Crippen molar-refractivity contribution in [3.05, 3.63) is 56.5 Å². The average Bonchev–Trinajstić information content (AvgIpc) is 3.18. The van der Waals surface area contributed by atoms with Gasteiger partial charge >= 0.3 is 0 Å². The smallest absolute Gasteiger partial charge is 0.165 e. The van der Waals surface area contributed by atoms with Crippen LogP contribution in [-0.4, -0.2) is 11.0 Å². The lowest BCUT2D eigenvalue weighted by Gasteiger charge is -2.30. The van der Waals surface area contributed by atoms with Gasteiger partial charge in [-0.25, -0.2) is 4.98 Å². The number of nitriles is 2. The van der Waals surface area contributed by atoms with Gasteiger partial charge in [-0.3, -0.25) is 0 Å². The van der Waals surface area contributed by atoms with E-state index in [4.69, 9.17) is 0 Å². The number of rotatable bonds is 2. The summed E-state index contributed by atoms with van der Waals surface area (Å²) >= 11 is 1.41. The topological polar surface area (TPSA) is 63.7 Å². The molecule has 2 heterocycles. The van der Waals surface area contributed by atoms with Crippen LogP contribution in [0.15, 0.2) is 36.0 Å². The van der Waals surface area contributed by atoms with Crippen molar-refractivity contribution in [3.63, 3.8) is 0 Å². The highest BCUT2D eigenvalue weighted by molar-refractivity contribution is 7.07. The number of benzene rings is 1. The number of anilines is 1. The molecule has 4 nitrogen and oxygen atoms in total. The SMILES string of the molecule is CC(C)N1/C(=C\C=c2\sc(=C(C#N)C#N)nc2C(C)(C)C)C(C)(C)c2ccccc21. The maximum atomic E-state index is 9.28. The molecule has 0 saturated heterocycles. The Balaban J connectivity index is 2.28. The molecule has 0 N–H and O–H groups in total. The Labute approximate surface area is 183 Å². The molecule has 0 saturated carbocycles. The molecule has 0 atom stereocenters.